The summed E-state index contributed by atoms with van der Waals surface area (Å²) in [6.07, 6.45) is 0.922. The average Bonchev–Trinajstić information content (AvgIpc) is 3.09. The third-order valence-corrected chi connectivity index (χ3v) is 4.44. The molecule has 3 aromatic rings. The zero-order chi connectivity index (χ0) is 15.1. The maximum atomic E-state index is 9.32. The lowest BCUT2D eigenvalue weighted by molar-refractivity contribution is 0.126. The van der Waals surface area contributed by atoms with Crippen molar-refractivity contribution in [1.29, 1.82) is 0 Å². The van der Waals surface area contributed by atoms with Gasteiger partial charge in [-0.2, -0.15) is 5.48 Å². The van der Waals surface area contributed by atoms with Crippen molar-refractivity contribution in [3.05, 3.63) is 59.8 Å². The van der Waals surface area contributed by atoms with Crippen LogP contribution in [0.5, 0.6) is 11.5 Å². The molecule has 0 spiro atoms. The second kappa shape index (κ2) is 5.16. The van der Waals surface area contributed by atoms with E-state index in [0.29, 0.717) is 0 Å². The Kier molecular flexibility index (Phi) is 3.13. The molecule has 0 saturated heterocycles. The van der Waals surface area contributed by atoms with E-state index in [2.05, 4.69) is 29.1 Å². The van der Waals surface area contributed by atoms with Gasteiger partial charge in [-0.3, -0.25) is 0 Å². The number of nitrogens with zero attached hydrogens (tertiary/aromatic N) is 1. The highest BCUT2D eigenvalue weighted by atomic mass is 16.5. The van der Waals surface area contributed by atoms with E-state index in [9.17, 15) is 5.21 Å². The molecule has 4 nitrogen and oxygen atoms in total. The van der Waals surface area contributed by atoms with Crippen LogP contribution in [0.4, 0.5) is 0 Å². The molecule has 1 aliphatic rings. The summed E-state index contributed by atoms with van der Waals surface area (Å²) in [5.41, 5.74) is 6.01. The molecule has 0 radical (unpaired) electrons. The lowest BCUT2D eigenvalue weighted by atomic mass is 10.1. The zero-order valence-corrected chi connectivity index (χ0v) is 12.4. The molecule has 0 saturated carbocycles. The van der Waals surface area contributed by atoms with Crippen LogP contribution in [0.3, 0.4) is 0 Å². The van der Waals surface area contributed by atoms with Crippen molar-refractivity contribution in [3.63, 3.8) is 0 Å². The van der Waals surface area contributed by atoms with Crippen LogP contribution in [0.15, 0.2) is 48.5 Å². The largest absolute Gasteiger partial charge is 0.457 e. The normalized spacial score (nSPS) is 16.9. The topological polar surface area (TPSA) is 46.4 Å². The first-order valence-corrected chi connectivity index (χ1v) is 7.53. The molecule has 4 heteroatoms. The van der Waals surface area contributed by atoms with E-state index in [1.807, 2.05) is 36.4 Å². The number of ether oxygens (including phenoxy) is 1. The minimum Gasteiger partial charge on any atom is -0.457 e. The van der Waals surface area contributed by atoms with Gasteiger partial charge in [-0.25, -0.2) is 0 Å². The van der Waals surface area contributed by atoms with Gasteiger partial charge >= 0.3 is 0 Å². The number of rotatable bonds is 3. The second-order valence-electron chi connectivity index (χ2n) is 5.73. The van der Waals surface area contributed by atoms with E-state index >= 15 is 0 Å². The molecule has 4 rings (SSSR count). The number of fused-ring (bicyclic) bond motifs is 3. The van der Waals surface area contributed by atoms with E-state index < -0.39 is 0 Å². The first-order valence-electron chi connectivity index (χ1n) is 7.53. The van der Waals surface area contributed by atoms with Crippen molar-refractivity contribution in [2.45, 2.75) is 25.9 Å². The highest BCUT2D eigenvalue weighted by molar-refractivity contribution is 5.87. The number of aromatic nitrogens is 1. The Bertz CT molecular complexity index is 824. The summed E-state index contributed by atoms with van der Waals surface area (Å²) in [5.74, 6) is 1.67. The van der Waals surface area contributed by atoms with Gasteiger partial charge in [-0.05, 0) is 49.2 Å². The minimum atomic E-state index is 0.0193. The highest BCUT2D eigenvalue weighted by Crippen LogP contribution is 2.38. The standard InChI is InChI=1S/C18H18N2O2/c1-12-15-11-14(22-13-5-3-2-4-6-13)7-8-17(15)20-10-9-16(19-21)18(12)20/h2-8,11,16,19,21H,9-10H2,1H3. The fraction of sp³-hybridized carbons (Fsp3) is 0.222. The molecule has 22 heavy (non-hydrogen) atoms. The van der Waals surface area contributed by atoms with Crippen LogP contribution in [-0.2, 0) is 6.54 Å². The lowest BCUT2D eigenvalue weighted by Crippen LogP contribution is -2.14. The Balaban J connectivity index is 1.77. The number of hydrogen-bond acceptors (Lipinski definition) is 3. The summed E-state index contributed by atoms with van der Waals surface area (Å²) < 4.78 is 8.20. The quantitative estimate of drug-likeness (QED) is 0.713. The highest BCUT2D eigenvalue weighted by Gasteiger charge is 2.27. The molecule has 2 aromatic carbocycles. The second-order valence-corrected chi connectivity index (χ2v) is 5.73. The first kappa shape index (κ1) is 13.4. The molecule has 1 aliphatic heterocycles. The van der Waals surface area contributed by atoms with E-state index in [4.69, 9.17) is 4.74 Å². The molecular weight excluding hydrogens is 276 g/mol. The summed E-state index contributed by atoms with van der Waals surface area (Å²) in [4.78, 5) is 0. The molecule has 0 aliphatic carbocycles. The van der Waals surface area contributed by atoms with Crippen LogP contribution in [0.25, 0.3) is 10.9 Å². The fourth-order valence-corrected chi connectivity index (χ4v) is 3.42. The molecule has 0 amide bonds. The zero-order valence-electron chi connectivity index (χ0n) is 12.4. The Morgan fingerprint density at radius 3 is 2.73 bits per heavy atom. The van der Waals surface area contributed by atoms with Crippen molar-refractivity contribution in [2.75, 3.05) is 0 Å². The molecule has 1 unspecified atom stereocenters. The molecule has 112 valence electrons. The van der Waals surface area contributed by atoms with Crippen LogP contribution in [-0.4, -0.2) is 9.77 Å². The van der Waals surface area contributed by atoms with Crippen LogP contribution < -0.4 is 10.2 Å². The molecule has 2 N–H and O–H groups in total. The molecule has 0 fully saturated rings. The van der Waals surface area contributed by atoms with Crippen molar-refractivity contribution in [2.24, 2.45) is 0 Å². The van der Waals surface area contributed by atoms with Crippen LogP contribution in [0.1, 0.15) is 23.7 Å². The van der Waals surface area contributed by atoms with Crippen LogP contribution in [0.2, 0.25) is 0 Å². The number of hydroxylamine groups is 1. The summed E-state index contributed by atoms with van der Waals surface area (Å²) in [7, 11) is 0. The van der Waals surface area contributed by atoms with E-state index in [0.717, 1.165) is 24.5 Å². The van der Waals surface area contributed by atoms with Gasteiger partial charge in [0, 0.05) is 23.1 Å². The summed E-state index contributed by atoms with van der Waals surface area (Å²) in [5, 5.41) is 10.5. The Morgan fingerprint density at radius 1 is 1.14 bits per heavy atom. The van der Waals surface area contributed by atoms with Crippen molar-refractivity contribution < 1.29 is 9.94 Å². The molecular formula is C18H18N2O2. The van der Waals surface area contributed by atoms with E-state index in [1.54, 1.807) is 0 Å². The van der Waals surface area contributed by atoms with Crippen LogP contribution in [0, 0.1) is 6.92 Å². The third-order valence-electron chi connectivity index (χ3n) is 4.44. The predicted octanol–water partition coefficient (Wildman–Crippen LogP) is 4.17. The minimum absolute atomic E-state index is 0.0193. The Morgan fingerprint density at radius 2 is 1.95 bits per heavy atom. The SMILES string of the molecule is Cc1c2n(c3ccc(Oc4ccccc4)cc13)CCC2NO. The maximum Gasteiger partial charge on any atom is 0.128 e. The van der Waals surface area contributed by atoms with Crippen molar-refractivity contribution >= 4 is 10.9 Å². The molecule has 1 aromatic heterocycles. The average molecular weight is 294 g/mol. The predicted molar refractivity (Wildman–Crippen MR) is 85.5 cm³/mol. The number of para-hydroxylation sites is 1. The summed E-state index contributed by atoms with van der Waals surface area (Å²) >= 11 is 0. The lowest BCUT2D eigenvalue weighted by Gasteiger charge is -2.07. The van der Waals surface area contributed by atoms with Crippen LogP contribution >= 0.6 is 0 Å². The maximum absolute atomic E-state index is 9.32. The van der Waals surface area contributed by atoms with E-state index in [-0.39, 0.29) is 6.04 Å². The van der Waals surface area contributed by atoms with Gasteiger partial charge in [0.25, 0.3) is 0 Å². The van der Waals surface area contributed by atoms with Gasteiger partial charge in [-0.15, -0.1) is 0 Å². The van der Waals surface area contributed by atoms with Crippen molar-refractivity contribution in [3.8, 4) is 11.5 Å². The monoisotopic (exact) mass is 294 g/mol. The van der Waals surface area contributed by atoms with Gasteiger partial charge in [0.2, 0.25) is 0 Å². The summed E-state index contributed by atoms with van der Waals surface area (Å²) in [6, 6.07) is 16.0. The van der Waals surface area contributed by atoms with Gasteiger partial charge in [0.05, 0.1) is 6.04 Å². The Hall–Kier alpha value is -2.30. The van der Waals surface area contributed by atoms with E-state index in [1.165, 1.54) is 22.2 Å². The number of benzene rings is 2. The van der Waals surface area contributed by atoms with Crippen molar-refractivity contribution in [1.82, 2.24) is 10.0 Å². The number of nitrogens with one attached hydrogen (secondary N) is 1. The first-order chi connectivity index (χ1) is 10.8. The number of hydrogen-bond donors (Lipinski definition) is 2. The van der Waals surface area contributed by atoms with Gasteiger partial charge in [0.15, 0.2) is 0 Å². The smallest absolute Gasteiger partial charge is 0.128 e. The number of aryl methyl sites for hydroxylation is 2. The summed E-state index contributed by atoms with van der Waals surface area (Å²) in [6.45, 7) is 3.03. The molecule has 1 atom stereocenters. The van der Waals surface area contributed by atoms with Gasteiger partial charge in [-0.1, -0.05) is 18.2 Å². The molecule has 0 bridgehead atoms. The van der Waals surface area contributed by atoms with Gasteiger partial charge < -0.3 is 14.5 Å². The fourth-order valence-electron chi connectivity index (χ4n) is 3.42. The Labute approximate surface area is 128 Å². The van der Waals surface area contributed by atoms with Gasteiger partial charge in [0.1, 0.15) is 11.5 Å². The molecule has 2 heterocycles. The third kappa shape index (κ3) is 2.00.